The van der Waals surface area contributed by atoms with Crippen LogP contribution in [0.2, 0.25) is 0 Å². The standard InChI is InChI=1S/C12H22N2O2/c1-12(5-3-2-4-6-12)14-11(15)10-9-16-8-7-13-10/h10,13H,2-9H2,1H3,(H,14,15). The molecule has 1 aliphatic carbocycles. The van der Waals surface area contributed by atoms with E-state index in [2.05, 4.69) is 17.6 Å². The smallest absolute Gasteiger partial charge is 0.239 e. The summed E-state index contributed by atoms with van der Waals surface area (Å²) in [6.45, 7) is 4.14. The summed E-state index contributed by atoms with van der Waals surface area (Å²) in [4.78, 5) is 12.0. The van der Waals surface area contributed by atoms with E-state index in [4.69, 9.17) is 4.74 Å². The van der Waals surface area contributed by atoms with Gasteiger partial charge in [-0.25, -0.2) is 0 Å². The summed E-state index contributed by atoms with van der Waals surface area (Å²) in [6, 6.07) is -0.160. The van der Waals surface area contributed by atoms with Gasteiger partial charge in [-0.3, -0.25) is 4.79 Å². The van der Waals surface area contributed by atoms with Gasteiger partial charge in [-0.2, -0.15) is 0 Å². The Morgan fingerprint density at radius 1 is 1.38 bits per heavy atom. The summed E-state index contributed by atoms with van der Waals surface area (Å²) in [5.41, 5.74) is 0.00839. The lowest BCUT2D eigenvalue weighted by atomic mass is 9.83. The SMILES string of the molecule is CC1(NC(=O)C2COCCN2)CCCCC1. The van der Waals surface area contributed by atoms with Crippen molar-refractivity contribution in [2.75, 3.05) is 19.8 Å². The monoisotopic (exact) mass is 226 g/mol. The molecule has 0 spiro atoms. The molecule has 1 aliphatic heterocycles. The van der Waals surface area contributed by atoms with Gasteiger partial charge in [-0.1, -0.05) is 19.3 Å². The molecule has 2 aliphatic rings. The van der Waals surface area contributed by atoms with E-state index in [1.165, 1.54) is 19.3 Å². The number of carbonyl (C=O) groups is 1. The molecule has 4 nitrogen and oxygen atoms in total. The van der Waals surface area contributed by atoms with Crippen molar-refractivity contribution < 1.29 is 9.53 Å². The van der Waals surface area contributed by atoms with Crippen molar-refractivity contribution >= 4 is 5.91 Å². The highest BCUT2D eigenvalue weighted by Crippen LogP contribution is 2.27. The second-order valence-corrected chi connectivity index (χ2v) is 5.19. The van der Waals surface area contributed by atoms with Crippen LogP contribution in [-0.4, -0.2) is 37.2 Å². The van der Waals surface area contributed by atoms with Crippen LogP contribution in [0, 0.1) is 0 Å². The number of amides is 1. The van der Waals surface area contributed by atoms with E-state index in [9.17, 15) is 4.79 Å². The molecule has 1 amide bonds. The van der Waals surface area contributed by atoms with E-state index >= 15 is 0 Å². The summed E-state index contributed by atoms with van der Waals surface area (Å²) < 4.78 is 5.30. The first kappa shape index (κ1) is 11.9. The summed E-state index contributed by atoms with van der Waals surface area (Å²) in [6.07, 6.45) is 5.96. The molecular formula is C12H22N2O2. The topological polar surface area (TPSA) is 50.4 Å². The van der Waals surface area contributed by atoms with Crippen LogP contribution >= 0.6 is 0 Å². The third-order valence-corrected chi connectivity index (χ3v) is 3.62. The number of morpholine rings is 1. The molecular weight excluding hydrogens is 204 g/mol. The maximum Gasteiger partial charge on any atom is 0.239 e. The second kappa shape index (κ2) is 5.15. The second-order valence-electron chi connectivity index (χ2n) is 5.19. The molecule has 4 heteroatoms. The highest BCUT2D eigenvalue weighted by atomic mass is 16.5. The summed E-state index contributed by atoms with van der Waals surface area (Å²) >= 11 is 0. The van der Waals surface area contributed by atoms with E-state index in [1.807, 2.05) is 0 Å². The van der Waals surface area contributed by atoms with E-state index in [-0.39, 0.29) is 17.5 Å². The molecule has 1 saturated heterocycles. The molecule has 0 aromatic heterocycles. The van der Waals surface area contributed by atoms with Crippen LogP contribution in [0.3, 0.4) is 0 Å². The Morgan fingerprint density at radius 2 is 2.12 bits per heavy atom. The minimum absolute atomic E-state index is 0.00839. The Bertz CT molecular complexity index is 243. The molecule has 2 fully saturated rings. The molecule has 0 aromatic rings. The van der Waals surface area contributed by atoms with Gasteiger partial charge in [0.1, 0.15) is 6.04 Å². The third-order valence-electron chi connectivity index (χ3n) is 3.62. The molecule has 0 bridgehead atoms. The van der Waals surface area contributed by atoms with Crippen LogP contribution < -0.4 is 10.6 Å². The van der Waals surface area contributed by atoms with Crippen LogP contribution in [0.1, 0.15) is 39.0 Å². The first-order chi connectivity index (χ1) is 7.70. The molecule has 0 radical (unpaired) electrons. The van der Waals surface area contributed by atoms with Gasteiger partial charge in [0.25, 0.3) is 0 Å². The minimum atomic E-state index is -0.160. The molecule has 2 rings (SSSR count). The highest BCUT2D eigenvalue weighted by Gasteiger charge is 2.31. The van der Waals surface area contributed by atoms with E-state index in [0.29, 0.717) is 13.2 Å². The zero-order chi connectivity index (χ0) is 11.4. The fourth-order valence-electron chi connectivity index (χ4n) is 2.58. The largest absolute Gasteiger partial charge is 0.378 e. The Balaban J connectivity index is 1.85. The fourth-order valence-corrected chi connectivity index (χ4v) is 2.58. The first-order valence-corrected chi connectivity index (χ1v) is 6.33. The summed E-state index contributed by atoms with van der Waals surface area (Å²) in [5, 5.41) is 6.37. The number of carbonyl (C=O) groups excluding carboxylic acids is 1. The van der Waals surface area contributed by atoms with Crippen LogP contribution in [0.25, 0.3) is 0 Å². The van der Waals surface area contributed by atoms with Crippen molar-refractivity contribution in [3.05, 3.63) is 0 Å². The van der Waals surface area contributed by atoms with Crippen molar-refractivity contribution in [2.45, 2.75) is 50.6 Å². The molecule has 2 N–H and O–H groups in total. The van der Waals surface area contributed by atoms with Gasteiger partial charge in [0.05, 0.1) is 13.2 Å². The minimum Gasteiger partial charge on any atom is -0.378 e. The van der Waals surface area contributed by atoms with E-state index < -0.39 is 0 Å². The van der Waals surface area contributed by atoms with Crippen molar-refractivity contribution in [3.63, 3.8) is 0 Å². The van der Waals surface area contributed by atoms with Gasteiger partial charge < -0.3 is 15.4 Å². The van der Waals surface area contributed by atoms with Gasteiger partial charge in [0.2, 0.25) is 5.91 Å². The fraction of sp³-hybridized carbons (Fsp3) is 0.917. The van der Waals surface area contributed by atoms with Crippen LogP contribution in [0.15, 0.2) is 0 Å². The van der Waals surface area contributed by atoms with Gasteiger partial charge in [-0.05, 0) is 19.8 Å². The average molecular weight is 226 g/mol. The molecule has 1 atom stereocenters. The predicted molar refractivity (Wildman–Crippen MR) is 62.2 cm³/mol. The molecule has 1 unspecified atom stereocenters. The maximum atomic E-state index is 12.0. The van der Waals surface area contributed by atoms with Gasteiger partial charge in [0.15, 0.2) is 0 Å². The van der Waals surface area contributed by atoms with Crippen LogP contribution in [0.4, 0.5) is 0 Å². The quantitative estimate of drug-likeness (QED) is 0.732. The zero-order valence-corrected chi connectivity index (χ0v) is 10.1. The molecule has 92 valence electrons. The van der Waals surface area contributed by atoms with Crippen molar-refractivity contribution in [1.29, 1.82) is 0 Å². The normalized spacial score (nSPS) is 29.7. The summed E-state index contributed by atoms with van der Waals surface area (Å²) in [7, 11) is 0. The molecule has 0 aromatic carbocycles. The Labute approximate surface area is 97.1 Å². The van der Waals surface area contributed by atoms with E-state index in [1.54, 1.807) is 0 Å². The first-order valence-electron chi connectivity index (χ1n) is 6.33. The molecule has 1 saturated carbocycles. The van der Waals surface area contributed by atoms with Crippen LogP contribution in [-0.2, 0) is 9.53 Å². The lowest BCUT2D eigenvalue weighted by molar-refractivity contribution is -0.128. The molecule has 16 heavy (non-hydrogen) atoms. The number of hydrogen-bond donors (Lipinski definition) is 2. The van der Waals surface area contributed by atoms with Crippen molar-refractivity contribution in [1.82, 2.24) is 10.6 Å². The maximum absolute atomic E-state index is 12.0. The molecule has 1 heterocycles. The Morgan fingerprint density at radius 3 is 2.75 bits per heavy atom. The highest BCUT2D eigenvalue weighted by molar-refractivity contribution is 5.82. The lowest BCUT2D eigenvalue weighted by Gasteiger charge is -2.36. The predicted octanol–water partition coefficient (Wildman–Crippen LogP) is 0.814. The van der Waals surface area contributed by atoms with Crippen LogP contribution in [0.5, 0.6) is 0 Å². The van der Waals surface area contributed by atoms with Gasteiger partial charge in [0, 0.05) is 12.1 Å². The Kier molecular flexibility index (Phi) is 3.82. The van der Waals surface area contributed by atoms with Crippen molar-refractivity contribution in [2.24, 2.45) is 0 Å². The average Bonchev–Trinajstić information content (AvgIpc) is 2.30. The van der Waals surface area contributed by atoms with Gasteiger partial charge >= 0.3 is 0 Å². The zero-order valence-electron chi connectivity index (χ0n) is 10.1. The van der Waals surface area contributed by atoms with E-state index in [0.717, 1.165) is 19.4 Å². The van der Waals surface area contributed by atoms with Crippen molar-refractivity contribution in [3.8, 4) is 0 Å². The Hall–Kier alpha value is -0.610. The lowest BCUT2D eigenvalue weighted by Crippen LogP contribution is -2.57. The van der Waals surface area contributed by atoms with Gasteiger partial charge in [-0.15, -0.1) is 0 Å². The third kappa shape index (κ3) is 2.95. The number of nitrogens with one attached hydrogen (secondary N) is 2. The summed E-state index contributed by atoms with van der Waals surface area (Å²) in [5.74, 6) is 0.101. The number of ether oxygens (including phenoxy) is 1. The number of hydrogen-bond acceptors (Lipinski definition) is 3. The number of rotatable bonds is 2.